The highest BCUT2D eigenvalue weighted by Crippen LogP contribution is 2.19. The standard InChI is InChI=1S/C10H19NO5/c1-10(2,6-12)8(14)9(15)11-5-4-7(13)16-3/h8,12,14H,4-6H2,1-3H3,(H,11,15)/t8-/m1/s1. The van der Waals surface area contributed by atoms with Crippen molar-refractivity contribution in [3.63, 3.8) is 0 Å². The zero-order valence-corrected chi connectivity index (χ0v) is 9.82. The van der Waals surface area contributed by atoms with Gasteiger partial charge in [0.1, 0.15) is 6.10 Å². The minimum Gasteiger partial charge on any atom is -0.469 e. The summed E-state index contributed by atoms with van der Waals surface area (Å²) in [5.74, 6) is -1.04. The molecule has 0 aromatic heterocycles. The summed E-state index contributed by atoms with van der Waals surface area (Å²) >= 11 is 0. The average molecular weight is 233 g/mol. The number of carbonyl (C=O) groups excluding carboxylic acids is 2. The van der Waals surface area contributed by atoms with Crippen LogP contribution >= 0.6 is 0 Å². The predicted octanol–water partition coefficient (Wildman–Crippen LogP) is -0.955. The van der Waals surface area contributed by atoms with E-state index < -0.39 is 23.4 Å². The maximum Gasteiger partial charge on any atom is 0.307 e. The summed E-state index contributed by atoms with van der Waals surface area (Å²) in [6.07, 6.45) is -1.26. The second-order valence-corrected chi connectivity index (χ2v) is 4.17. The van der Waals surface area contributed by atoms with Crippen LogP contribution in [0.1, 0.15) is 20.3 Å². The molecule has 1 atom stereocenters. The minimum atomic E-state index is -1.31. The summed E-state index contributed by atoms with van der Waals surface area (Å²) in [5, 5.41) is 20.9. The fourth-order valence-corrected chi connectivity index (χ4v) is 0.928. The third kappa shape index (κ3) is 4.59. The van der Waals surface area contributed by atoms with Crippen molar-refractivity contribution in [1.29, 1.82) is 0 Å². The highest BCUT2D eigenvalue weighted by molar-refractivity contribution is 5.81. The molecule has 0 saturated carbocycles. The van der Waals surface area contributed by atoms with Crippen LogP contribution in [0.5, 0.6) is 0 Å². The van der Waals surface area contributed by atoms with E-state index in [0.29, 0.717) is 0 Å². The number of rotatable bonds is 6. The van der Waals surface area contributed by atoms with Crippen molar-refractivity contribution < 1.29 is 24.5 Å². The molecule has 0 aliphatic rings. The van der Waals surface area contributed by atoms with Gasteiger partial charge >= 0.3 is 5.97 Å². The number of nitrogens with one attached hydrogen (secondary N) is 1. The average Bonchev–Trinajstić information content (AvgIpc) is 2.27. The Morgan fingerprint density at radius 3 is 2.44 bits per heavy atom. The number of aliphatic hydroxyl groups excluding tert-OH is 2. The summed E-state index contributed by atoms with van der Waals surface area (Å²) in [7, 11) is 1.26. The van der Waals surface area contributed by atoms with E-state index >= 15 is 0 Å². The molecule has 0 aromatic carbocycles. The number of carbonyl (C=O) groups is 2. The highest BCUT2D eigenvalue weighted by Gasteiger charge is 2.32. The Kier molecular flexibility index (Phi) is 5.98. The van der Waals surface area contributed by atoms with Crippen molar-refractivity contribution in [3.05, 3.63) is 0 Å². The van der Waals surface area contributed by atoms with Gasteiger partial charge in [-0.05, 0) is 0 Å². The first-order chi connectivity index (χ1) is 7.35. The summed E-state index contributed by atoms with van der Waals surface area (Å²) < 4.78 is 4.39. The minimum absolute atomic E-state index is 0.0501. The normalized spacial score (nSPS) is 13.1. The van der Waals surface area contributed by atoms with Crippen LogP contribution < -0.4 is 5.32 Å². The van der Waals surface area contributed by atoms with Crippen LogP contribution in [0.4, 0.5) is 0 Å². The molecule has 0 saturated heterocycles. The van der Waals surface area contributed by atoms with Gasteiger partial charge in [0.2, 0.25) is 5.91 Å². The zero-order valence-electron chi connectivity index (χ0n) is 9.82. The molecule has 6 heteroatoms. The van der Waals surface area contributed by atoms with Gasteiger partial charge < -0.3 is 20.3 Å². The monoisotopic (exact) mass is 233 g/mol. The van der Waals surface area contributed by atoms with Gasteiger partial charge in [-0.3, -0.25) is 9.59 Å². The molecule has 0 aromatic rings. The Morgan fingerprint density at radius 2 is 2.00 bits per heavy atom. The molecule has 94 valence electrons. The lowest BCUT2D eigenvalue weighted by Crippen LogP contribution is -2.46. The molecule has 6 nitrogen and oxygen atoms in total. The van der Waals surface area contributed by atoms with Crippen molar-refractivity contribution in [2.75, 3.05) is 20.3 Å². The number of ether oxygens (including phenoxy) is 1. The number of amides is 1. The van der Waals surface area contributed by atoms with Crippen molar-refractivity contribution >= 4 is 11.9 Å². The third-order valence-corrected chi connectivity index (χ3v) is 2.25. The van der Waals surface area contributed by atoms with E-state index in [-0.39, 0.29) is 19.6 Å². The maximum atomic E-state index is 11.4. The molecule has 0 aliphatic carbocycles. The van der Waals surface area contributed by atoms with Crippen LogP contribution in [0, 0.1) is 5.41 Å². The topological polar surface area (TPSA) is 95.9 Å². The molecule has 0 radical (unpaired) electrons. The Labute approximate surface area is 94.6 Å². The van der Waals surface area contributed by atoms with Gasteiger partial charge in [0.05, 0.1) is 20.1 Å². The quantitative estimate of drug-likeness (QED) is 0.514. The van der Waals surface area contributed by atoms with E-state index in [9.17, 15) is 14.7 Å². The second-order valence-electron chi connectivity index (χ2n) is 4.17. The lowest BCUT2D eigenvalue weighted by molar-refractivity contribution is -0.141. The number of methoxy groups -OCH3 is 1. The van der Waals surface area contributed by atoms with Crippen LogP contribution in [0.3, 0.4) is 0 Å². The van der Waals surface area contributed by atoms with Gasteiger partial charge in [0, 0.05) is 12.0 Å². The second kappa shape index (κ2) is 6.44. The molecule has 0 spiro atoms. The first kappa shape index (κ1) is 14.9. The maximum absolute atomic E-state index is 11.4. The van der Waals surface area contributed by atoms with Gasteiger partial charge in [-0.25, -0.2) is 0 Å². The fourth-order valence-electron chi connectivity index (χ4n) is 0.928. The van der Waals surface area contributed by atoms with Crippen molar-refractivity contribution in [2.24, 2.45) is 5.41 Å². The molecule has 0 aliphatic heterocycles. The van der Waals surface area contributed by atoms with Gasteiger partial charge in [-0.1, -0.05) is 13.8 Å². The Hall–Kier alpha value is -1.14. The Morgan fingerprint density at radius 1 is 1.44 bits per heavy atom. The fraction of sp³-hybridized carbons (Fsp3) is 0.800. The van der Waals surface area contributed by atoms with Crippen molar-refractivity contribution in [2.45, 2.75) is 26.4 Å². The Bertz CT molecular complexity index is 252. The lowest BCUT2D eigenvalue weighted by atomic mass is 9.87. The van der Waals surface area contributed by atoms with E-state index in [2.05, 4.69) is 10.1 Å². The van der Waals surface area contributed by atoms with Crippen molar-refractivity contribution in [3.8, 4) is 0 Å². The largest absolute Gasteiger partial charge is 0.469 e. The lowest BCUT2D eigenvalue weighted by Gasteiger charge is -2.27. The van der Waals surface area contributed by atoms with Crippen LogP contribution in [-0.2, 0) is 14.3 Å². The van der Waals surface area contributed by atoms with E-state index in [4.69, 9.17) is 5.11 Å². The van der Waals surface area contributed by atoms with E-state index in [1.165, 1.54) is 7.11 Å². The van der Waals surface area contributed by atoms with E-state index in [0.717, 1.165) is 0 Å². The smallest absolute Gasteiger partial charge is 0.307 e. The number of aliphatic hydroxyl groups is 2. The Balaban J connectivity index is 4.03. The summed E-state index contributed by atoms with van der Waals surface area (Å²) in [6, 6.07) is 0. The summed E-state index contributed by atoms with van der Waals surface area (Å²) in [4.78, 5) is 22.1. The van der Waals surface area contributed by atoms with Gasteiger partial charge in [-0.15, -0.1) is 0 Å². The number of esters is 1. The number of hydrogen-bond acceptors (Lipinski definition) is 5. The van der Waals surface area contributed by atoms with Gasteiger partial charge in [0.15, 0.2) is 0 Å². The highest BCUT2D eigenvalue weighted by atomic mass is 16.5. The van der Waals surface area contributed by atoms with Crippen LogP contribution in [0.15, 0.2) is 0 Å². The molecule has 0 rings (SSSR count). The predicted molar refractivity (Wildman–Crippen MR) is 56.5 cm³/mol. The molecule has 0 unspecified atom stereocenters. The zero-order chi connectivity index (χ0) is 12.8. The first-order valence-electron chi connectivity index (χ1n) is 4.98. The molecule has 16 heavy (non-hydrogen) atoms. The van der Waals surface area contributed by atoms with Crippen LogP contribution in [0.2, 0.25) is 0 Å². The SMILES string of the molecule is COC(=O)CCNC(=O)[C@@H](O)C(C)(C)CO. The van der Waals surface area contributed by atoms with Crippen molar-refractivity contribution in [1.82, 2.24) is 5.32 Å². The molecule has 3 N–H and O–H groups in total. The third-order valence-electron chi connectivity index (χ3n) is 2.25. The summed E-state index contributed by atoms with van der Waals surface area (Å²) in [5.41, 5.74) is -0.907. The molecule has 0 heterocycles. The van der Waals surface area contributed by atoms with Crippen LogP contribution in [0.25, 0.3) is 0 Å². The molecular weight excluding hydrogens is 214 g/mol. The molecule has 0 bridgehead atoms. The van der Waals surface area contributed by atoms with Crippen LogP contribution in [-0.4, -0.2) is 48.5 Å². The molecule has 0 fully saturated rings. The number of hydrogen-bond donors (Lipinski definition) is 3. The van der Waals surface area contributed by atoms with E-state index in [1.807, 2.05) is 0 Å². The molecule has 1 amide bonds. The van der Waals surface area contributed by atoms with E-state index in [1.54, 1.807) is 13.8 Å². The summed E-state index contributed by atoms with van der Waals surface area (Å²) in [6.45, 7) is 2.93. The molecular formula is C10H19NO5. The first-order valence-corrected chi connectivity index (χ1v) is 4.98. The van der Waals surface area contributed by atoms with Gasteiger partial charge in [-0.2, -0.15) is 0 Å². The van der Waals surface area contributed by atoms with Gasteiger partial charge in [0.25, 0.3) is 0 Å².